The van der Waals surface area contributed by atoms with Crippen molar-refractivity contribution in [2.75, 3.05) is 6.61 Å². The zero-order valence-electron chi connectivity index (χ0n) is 15.0. The summed E-state index contributed by atoms with van der Waals surface area (Å²) in [5.41, 5.74) is 7.62. The minimum Gasteiger partial charge on any atom is -0.464 e. The zero-order chi connectivity index (χ0) is 17.3. The fourth-order valence-electron chi connectivity index (χ4n) is 2.60. The molecule has 0 aliphatic heterocycles. The van der Waals surface area contributed by atoms with Crippen molar-refractivity contribution < 1.29 is 9.53 Å². The number of hydrogen-bond donors (Lipinski definition) is 2. The molecule has 1 rings (SSSR count). The molecule has 0 aromatic heterocycles. The van der Waals surface area contributed by atoms with Crippen molar-refractivity contribution in [1.29, 1.82) is 0 Å². The normalized spacial score (nSPS) is 13.8. The van der Waals surface area contributed by atoms with Crippen LogP contribution in [0.5, 0.6) is 0 Å². The molecule has 0 saturated carbocycles. The molecule has 0 aliphatic rings. The van der Waals surface area contributed by atoms with Gasteiger partial charge in [0.15, 0.2) is 5.66 Å². The molecule has 0 heterocycles. The number of nitrogens with one attached hydrogen (secondary N) is 1. The van der Waals surface area contributed by atoms with Crippen LogP contribution in [-0.4, -0.2) is 18.2 Å². The molecular formula is C19H32N2O2. The van der Waals surface area contributed by atoms with Crippen LogP contribution in [0.1, 0.15) is 58.1 Å². The fraction of sp³-hybridized carbons (Fsp3) is 0.632. The van der Waals surface area contributed by atoms with E-state index in [1.165, 1.54) is 18.4 Å². The predicted molar refractivity (Wildman–Crippen MR) is 94.9 cm³/mol. The highest BCUT2D eigenvalue weighted by atomic mass is 16.5. The van der Waals surface area contributed by atoms with E-state index in [2.05, 4.69) is 36.5 Å². The maximum atomic E-state index is 12.2. The summed E-state index contributed by atoms with van der Waals surface area (Å²) < 4.78 is 5.13. The molecule has 1 atom stereocenters. The SMILES string of the molecule is CCCCc1ccc(CNC(N)(CC(C)C)C(=O)OCC)cc1. The number of hydrogen-bond acceptors (Lipinski definition) is 4. The Kier molecular flexibility index (Phi) is 8.28. The van der Waals surface area contributed by atoms with Crippen molar-refractivity contribution in [2.24, 2.45) is 11.7 Å². The third-order valence-corrected chi connectivity index (χ3v) is 3.82. The first-order chi connectivity index (χ1) is 10.9. The van der Waals surface area contributed by atoms with Gasteiger partial charge < -0.3 is 10.5 Å². The van der Waals surface area contributed by atoms with Gasteiger partial charge in [0.2, 0.25) is 0 Å². The second kappa shape index (κ2) is 9.68. The maximum absolute atomic E-state index is 12.2. The summed E-state index contributed by atoms with van der Waals surface area (Å²) in [6.07, 6.45) is 4.07. The molecule has 0 aliphatic carbocycles. The molecule has 4 heteroatoms. The summed E-state index contributed by atoms with van der Waals surface area (Å²) in [4.78, 5) is 12.2. The van der Waals surface area contributed by atoms with Gasteiger partial charge in [0.05, 0.1) is 6.61 Å². The van der Waals surface area contributed by atoms with E-state index in [1.807, 2.05) is 13.8 Å². The minimum absolute atomic E-state index is 0.299. The Balaban J connectivity index is 2.68. The first-order valence-corrected chi connectivity index (χ1v) is 8.70. The maximum Gasteiger partial charge on any atom is 0.341 e. The van der Waals surface area contributed by atoms with E-state index in [4.69, 9.17) is 10.5 Å². The van der Waals surface area contributed by atoms with E-state index in [-0.39, 0.29) is 5.97 Å². The Hall–Kier alpha value is -1.39. The van der Waals surface area contributed by atoms with Gasteiger partial charge in [-0.15, -0.1) is 0 Å². The minimum atomic E-state index is -1.13. The standard InChI is InChI=1S/C19H32N2O2/c1-5-7-8-16-9-11-17(12-10-16)14-21-19(20,13-15(3)4)18(22)23-6-2/h9-12,15,21H,5-8,13-14,20H2,1-4H3. The van der Waals surface area contributed by atoms with Crippen LogP contribution in [0.25, 0.3) is 0 Å². The Labute approximate surface area is 140 Å². The van der Waals surface area contributed by atoms with Crippen molar-refractivity contribution in [3.8, 4) is 0 Å². The average molecular weight is 320 g/mol. The number of carbonyl (C=O) groups is 1. The van der Waals surface area contributed by atoms with Gasteiger partial charge in [0, 0.05) is 6.54 Å². The molecule has 0 radical (unpaired) electrons. The summed E-state index contributed by atoms with van der Waals surface area (Å²) in [6.45, 7) is 8.97. The topological polar surface area (TPSA) is 64.3 Å². The van der Waals surface area contributed by atoms with Crippen molar-refractivity contribution in [1.82, 2.24) is 5.32 Å². The van der Waals surface area contributed by atoms with E-state index in [0.717, 1.165) is 12.0 Å². The average Bonchev–Trinajstić information content (AvgIpc) is 2.51. The molecule has 130 valence electrons. The summed E-state index contributed by atoms with van der Waals surface area (Å²) >= 11 is 0. The van der Waals surface area contributed by atoms with E-state index >= 15 is 0 Å². The van der Waals surface area contributed by atoms with Crippen molar-refractivity contribution in [3.63, 3.8) is 0 Å². The van der Waals surface area contributed by atoms with Crippen LogP contribution in [0.3, 0.4) is 0 Å². The number of carbonyl (C=O) groups excluding carboxylic acids is 1. The summed E-state index contributed by atoms with van der Waals surface area (Å²) in [7, 11) is 0. The molecule has 0 amide bonds. The largest absolute Gasteiger partial charge is 0.464 e. The Morgan fingerprint density at radius 3 is 2.35 bits per heavy atom. The quantitative estimate of drug-likeness (QED) is 0.512. The highest BCUT2D eigenvalue weighted by Crippen LogP contribution is 2.15. The first kappa shape index (κ1) is 19.7. The van der Waals surface area contributed by atoms with Crippen LogP contribution in [0, 0.1) is 5.92 Å². The van der Waals surface area contributed by atoms with Crippen molar-refractivity contribution >= 4 is 5.97 Å². The summed E-state index contributed by atoms with van der Waals surface area (Å²) in [5, 5.41) is 3.19. The number of ether oxygens (including phenoxy) is 1. The Morgan fingerprint density at radius 1 is 1.22 bits per heavy atom. The Morgan fingerprint density at radius 2 is 1.83 bits per heavy atom. The number of rotatable bonds is 10. The van der Waals surface area contributed by atoms with Gasteiger partial charge in [-0.2, -0.15) is 0 Å². The van der Waals surface area contributed by atoms with Crippen LogP contribution in [0.2, 0.25) is 0 Å². The predicted octanol–water partition coefficient (Wildman–Crippen LogP) is 3.38. The van der Waals surface area contributed by atoms with Gasteiger partial charge in [-0.1, -0.05) is 51.5 Å². The highest BCUT2D eigenvalue weighted by Gasteiger charge is 2.35. The van der Waals surface area contributed by atoms with Gasteiger partial charge in [0.25, 0.3) is 0 Å². The van der Waals surface area contributed by atoms with Crippen LogP contribution >= 0.6 is 0 Å². The van der Waals surface area contributed by atoms with Gasteiger partial charge in [-0.25, -0.2) is 4.79 Å². The second-order valence-corrected chi connectivity index (χ2v) is 6.56. The molecule has 0 saturated heterocycles. The van der Waals surface area contributed by atoms with E-state index < -0.39 is 5.66 Å². The zero-order valence-corrected chi connectivity index (χ0v) is 15.0. The smallest absolute Gasteiger partial charge is 0.341 e. The number of aryl methyl sites for hydroxylation is 1. The summed E-state index contributed by atoms with van der Waals surface area (Å²) in [5.74, 6) is -0.0819. The van der Waals surface area contributed by atoms with Crippen LogP contribution in [0.4, 0.5) is 0 Å². The van der Waals surface area contributed by atoms with E-state index in [9.17, 15) is 4.79 Å². The molecule has 1 unspecified atom stereocenters. The van der Waals surface area contributed by atoms with E-state index in [1.54, 1.807) is 6.92 Å². The third-order valence-electron chi connectivity index (χ3n) is 3.82. The fourth-order valence-corrected chi connectivity index (χ4v) is 2.60. The highest BCUT2D eigenvalue weighted by molar-refractivity contribution is 5.80. The van der Waals surface area contributed by atoms with Crippen molar-refractivity contribution in [2.45, 2.75) is 65.6 Å². The first-order valence-electron chi connectivity index (χ1n) is 8.70. The molecule has 0 fully saturated rings. The number of unbranched alkanes of at least 4 members (excludes halogenated alkanes) is 1. The monoisotopic (exact) mass is 320 g/mol. The second-order valence-electron chi connectivity index (χ2n) is 6.56. The molecule has 0 bridgehead atoms. The lowest BCUT2D eigenvalue weighted by Crippen LogP contribution is -2.60. The van der Waals surface area contributed by atoms with Crippen LogP contribution < -0.4 is 11.1 Å². The van der Waals surface area contributed by atoms with Gasteiger partial charge in [-0.3, -0.25) is 5.32 Å². The van der Waals surface area contributed by atoms with Gasteiger partial charge in [0.1, 0.15) is 0 Å². The third kappa shape index (κ3) is 6.71. The number of esters is 1. The van der Waals surface area contributed by atoms with Gasteiger partial charge >= 0.3 is 5.97 Å². The number of benzene rings is 1. The van der Waals surface area contributed by atoms with Crippen LogP contribution in [-0.2, 0) is 22.5 Å². The van der Waals surface area contributed by atoms with E-state index in [0.29, 0.717) is 25.5 Å². The van der Waals surface area contributed by atoms with Crippen LogP contribution in [0.15, 0.2) is 24.3 Å². The van der Waals surface area contributed by atoms with Crippen molar-refractivity contribution in [3.05, 3.63) is 35.4 Å². The Bertz CT molecular complexity index is 471. The lowest BCUT2D eigenvalue weighted by Gasteiger charge is -2.30. The molecule has 1 aromatic carbocycles. The lowest BCUT2D eigenvalue weighted by atomic mass is 9.97. The molecule has 3 N–H and O–H groups in total. The summed E-state index contributed by atoms with van der Waals surface area (Å²) in [6, 6.07) is 8.49. The molecule has 23 heavy (non-hydrogen) atoms. The lowest BCUT2D eigenvalue weighted by molar-refractivity contribution is -0.152. The van der Waals surface area contributed by atoms with Gasteiger partial charge in [-0.05, 0) is 43.2 Å². The molecular weight excluding hydrogens is 288 g/mol. The molecule has 4 nitrogen and oxygen atoms in total. The molecule has 0 spiro atoms. The number of nitrogens with two attached hydrogens (primary N) is 1. The molecule has 1 aromatic rings.